The molecule has 0 aliphatic carbocycles. The zero-order chi connectivity index (χ0) is 17.4. The van der Waals surface area contributed by atoms with E-state index in [0.717, 1.165) is 11.1 Å². The number of carbonyl (C=O) groups is 2. The van der Waals surface area contributed by atoms with E-state index in [2.05, 4.69) is 15.6 Å². The molecule has 0 aliphatic rings. The maximum Gasteiger partial charge on any atom is 0.321 e. The van der Waals surface area contributed by atoms with Crippen LogP contribution in [-0.2, 0) is 11.3 Å². The zero-order valence-corrected chi connectivity index (χ0v) is 13.7. The minimum Gasteiger partial charge on any atom is -0.348 e. The van der Waals surface area contributed by atoms with Crippen molar-refractivity contribution in [3.63, 3.8) is 0 Å². The van der Waals surface area contributed by atoms with Crippen LogP contribution in [0.25, 0.3) is 6.08 Å². The molecule has 0 aliphatic heterocycles. The van der Waals surface area contributed by atoms with Crippen molar-refractivity contribution in [2.75, 3.05) is 19.4 Å². The fraction of sp³-hybridized carbons (Fsp3) is 0.167. The van der Waals surface area contributed by atoms with Crippen molar-refractivity contribution in [1.82, 2.24) is 15.2 Å². The molecule has 0 atom stereocenters. The predicted octanol–water partition coefficient (Wildman–Crippen LogP) is 2.50. The van der Waals surface area contributed by atoms with E-state index >= 15 is 0 Å². The Labute approximate surface area is 141 Å². The monoisotopic (exact) mass is 324 g/mol. The van der Waals surface area contributed by atoms with Gasteiger partial charge in [0.25, 0.3) is 0 Å². The summed E-state index contributed by atoms with van der Waals surface area (Å²) < 4.78 is 0. The second-order valence-electron chi connectivity index (χ2n) is 5.36. The van der Waals surface area contributed by atoms with Crippen molar-refractivity contribution < 1.29 is 9.59 Å². The molecule has 1 aromatic heterocycles. The number of rotatable bonds is 5. The van der Waals surface area contributed by atoms with Crippen LogP contribution < -0.4 is 10.6 Å². The fourth-order valence-corrected chi connectivity index (χ4v) is 1.89. The number of pyridine rings is 1. The minimum absolute atomic E-state index is 0.193. The molecule has 0 saturated heterocycles. The number of benzene rings is 1. The Hall–Kier alpha value is -3.15. The highest BCUT2D eigenvalue weighted by atomic mass is 16.2. The van der Waals surface area contributed by atoms with Gasteiger partial charge >= 0.3 is 6.03 Å². The second-order valence-corrected chi connectivity index (χ2v) is 5.36. The van der Waals surface area contributed by atoms with Gasteiger partial charge in [-0.2, -0.15) is 0 Å². The normalized spacial score (nSPS) is 10.4. The molecule has 2 rings (SSSR count). The van der Waals surface area contributed by atoms with Crippen molar-refractivity contribution in [3.05, 3.63) is 66.0 Å². The summed E-state index contributed by atoms with van der Waals surface area (Å²) in [6.45, 7) is 0.377. The molecule has 0 unspecified atom stereocenters. The number of amides is 3. The highest BCUT2D eigenvalue weighted by molar-refractivity contribution is 5.91. The Kier molecular flexibility index (Phi) is 6.08. The molecule has 0 bridgehead atoms. The first-order valence-corrected chi connectivity index (χ1v) is 7.48. The molecule has 2 N–H and O–H groups in total. The van der Waals surface area contributed by atoms with Crippen LogP contribution >= 0.6 is 0 Å². The van der Waals surface area contributed by atoms with Crippen LogP contribution in [0.15, 0.2) is 54.9 Å². The van der Waals surface area contributed by atoms with Crippen LogP contribution in [0, 0.1) is 0 Å². The molecule has 24 heavy (non-hydrogen) atoms. The van der Waals surface area contributed by atoms with E-state index in [4.69, 9.17) is 0 Å². The zero-order valence-electron chi connectivity index (χ0n) is 13.7. The third-order valence-electron chi connectivity index (χ3n) is 3.16. The third-order valence-corrected chi connectivity index (χ3v) is 3.16. The first kappa shape index (κ1) is 17.2. The van der Waals surface area contributed by atoms with E-state index in [1.165, 1.54) is 11.0 Å². The van der Waals surface area contributed by atoms with Crippen molar-refractivity contribution in [2.45, 2.75) is 6.54 Å². The number of anilines is 1. The predicted molar refractivity (Wildman–Crippen MR) is 94.3 cm³/mol. The summed E-state index contributed by atoms with van der Waals surface area (Å²) >= 11 is 0. The largest absolute Gasteiger partial charge is 0.348 e. The fourth-order valence-electron chi connectivity index (χ4n) is 1.89. The van der Waals surface area contributed by atoms with Crippen LogP contribution in [0.3, 0.4) is 0 Å². The van der Waals surface area contributed by atoms with Gasteiger partial charge in [0.1, 0.15) is 0 Å². The van der Waals surface area contributed by atoms with E-state index in [1.54, 1.807) is 38.6 Å². The summed E-state index contributed by atoms with van der Waals surface area (Å²) in [5, 5.41) is 5.57. The number of nitrogens with one attached hydrogen (secondary N) is 2. The lowest BCUT2D eigenvalue weighted by atomic mass is 10.2. The minimum atomic E-state index is -0.199. The maximum atomic E-state index is 11.8. The Bertz CT molecular complexity index is 727. The lowest BCUT2D eigenvalue weighted by Gasteiger charge is -2.12. The molecule has 0 fully saturated rings. The molecule has 0 spiro atoms. The number of carbonyl (C=O) groups excluding carboxylic acids is 2. The Morgan fingerprint density at radius 1 is 1.21 bits per heavy atom. The van der Waals surface area contributed by atoms with E-state index in [1.807, 2.05) is 30.3 Å². The molecular weight excluding hydrogens is 304 g/mol. The average molecular weight is 324 g/mol. The van der Waals surface area contributed by atoms with Gasteiger partial charge < -0.3 is 15.5 Å². The van der Waals surface area contributed by atoms with Gasteiger partial charge in [-0.15, -0.1) is 0 Å². The number of hydrogen-bond acceptors (Lipinski definition) is 3. The van der Waals surface area contributed by atoms with E-state index in [0.29, 0.717) is 12.2 Å². The highest BCUT2D eigenvalue weighted by Crippen LogP contribution is 2.11. The van der Waals surface area contributed by atoms with Gasteiger partial charge in [0.15, 0.2) is 0 Å². The van der Waals surface area contributed by atoms with Gasteiger partial charge in [0.05, 0.1) is 0 Å². The van der Waals surface area contributed by atoms with Crippen LogP contribution in [0.2, 0.25) is 0 Å². The Balaban J connectivity index is 1.88. The quantitative estimate of drug-likeness (QED) is 0.830. The van der Waals surface area contributed by atoms with Crippen molar-refractivity contribution in [1.29, 1.82) is 0 Å². The second kappa shape index (κ2) is 8.47. The summed E-state index contributed by atoms with van der Waals surface area (Å²) in [7, 11) is 3.35. The standard InChI is InChI=1S/C18H20N4O2/c1-22(2)18(24)21-16-7-3-5-15(11-16)13-20-17(23)9-8-14-6-4-10-19-12-14/h3-12H,13H2,1-2H3,(H,20,23)(H,21,24)/b9-8+. The summed E-state index contributed by atoms with van der Waals surface area (Å²) in [5.41, 5.74) is 2.45. The number of urea groups is 1. The van der Waals surface area contributed by atoms with Crippen molar-refractivity contribution >= 4 is 23.7 Å². The number of nitrogens with zero attached hydrogens (tertiary/aromatic N) is 2. The van der Waals surface area contributed by atoms with Gasteiger partial charge in [-0.1, -0.05) is 18.2 Å². The summed E-state index contributed by atoms with van der Waals surface area (Å²) in [6, 6.07) is 10.8. The third kappa shape index (κ3) is 5.57. The molecule has 6 heteroatoms. The van der Waals surface area contributed by atoms with Gasteiger partial charge in [-0.05, 0) is 35.4 Å². The number of hydrogen-bond donors (Lipinski definition) is 2. The van der Waals surface area contributed by atoms with Gasteiger partial charge in [-0.25, -0.2) is 4.79 Å². The van der Waals surface area contributed by atoms with Crippen LogP contribution in [-0.4, -0.2) is 35.9 Å². The SMILES string of the molecule is CN(C)C(=O)Nc1cccc(CNC(=O)/C=C/c2cccnc2)c1. The molecule has 6 nitrogen and oxygen atoms in total. The van der Waals surface area contributed by atoms with Crippen LogP contribution in [0.4, 0.5) is 10.5 Å². The highest BCUT2D eigenvalue weighted by Gasteiger charge is 2.04. The lowest BCUT2D eigenvalue weighted by molar-refractivity contribution is -0.116. The Morgan fingerprint density at radius 2 is 2.04 bits per heavy atom. The molecule has 2 aromatic rings. The number of aromatic nitrogens is 1. The van der Waals surface area contributed by atoms with Crippen LogP contribution in [0.5, 0.6) is 0 Å². The van der Waals surface area contributed by atoms with Gasteiger partial charge in [0, 0.05) is 44.8 Å². The summed E-state index contributed by atoms with van der Waals surface area (Å²) in [4.78, 5) is 28.9. The first-order chi connectivity index (χ1) is 11.5. The average Bonchev–Trinajstić information content (AvgIpc) is 2.59. The molecule has 0 saturated carbocycles. The van der Waals surface area contributed by atoms with Crippen molar-refractivity contribution in [2.24, 2.45) is 0 Å². The maximum absolute atomic E-state index is 11.8. The lowest BCUT2D eigenvalue weighted by Crippen LogP contribution is -2.27. The van der Waals surface area contributed by atoms with Crippen molar-refractivity contribution in [3.8, 4) is 0 Å². The van der Waals surface area contributed by atoms with Gasteiger partial charge in [0.2, 0.25) is 5.91 Å². The molecule has 1 aromatic carbocycles. The van der Waals surface area contributed by atoms with E-state index in [9.17, 15) is 9.59 Å². The summed E-state index contributed by atoms with van der Waals surface area (Å²) in [6.07, 6.45) is 6.53. The van der Waals surface area contributed by atoms with Crippen LogP contribution in [0.1, 0.15) is 11.1 Å². The van der Waals surface area contributed by atoms with Gasteiger partial charge in [-0.3, -0.25) is 9.78 Å². The molecule has 124 valence electrons. The van der Waals surface area contributed by atoms with E-state index in [-0.39, 0.29) is 11.9 Å². The molecular formula is C18H20N4O2. The first-order valence-electron chi connectivity index (χ1n) is 7.48. The smallest absolute Gasteiger partial charge is 0.321 e. The van der Waals surface area contributed by atoms with E-state index < -0.39 is 0 Å². The summed E-state index contributed by atoms with van der Waals surface area (Å²) in [5.74, 6) is -0.193. The molecule has 3 amide bonds. The Morgan fingerprint density at radius 3 is 2.75 bits per heavy atom. The molecule has 1 heterocycles. The topological polar surface area (TPSA) is 74.3 Å². The molecule has 0 radical (unpaired) electrons.